The van der Waals surface area contributed by atoms with E-state index in [1.165, 1.54) is 0 Å². The minimum absolute atomic E-state index is 0.124. The molecule has 6 heteroatoms. The molecule has 0 unspecified atom stereocenters. The monoisotopic (exact) mass is 312 g/mol. The normalized spacial score (nSPS) is 20.4. The van der Waals surface area contributed by atoms with Crippen LogP contribution >= 0.6 is 0 Å². The average molecular weight is 312 g/mol. The molecule has 1 aromatic rings. The van der Waals surface area contributed by atoms with Gasteiger partial charge in [0.05, 0.1) is 6.61 Å². The maximum absolute atomic E-state index is 12.2. The van der Waals surface area contributed by atoms with Crippen LogP contribution in [0.1, 0.15) is 18.9 Å². The molecule has 1 N–H and O–H groups in total. The predicted molar refractivity (Wildman–Crippen MR) is 85.2 cm³/mol. The van der Waals surface area contributed by atoms with E-state index in [1.54, 1.807) is 0 Å². The fourth-order valence-corrected chi connectivity index (χ4v) is 3.98. The highest BCUT2D eigenvalue weighted by Crippen LogP contribution is 2.16. The zero-order valence-corrected chi connectivity index (χ0v) is 13.7. The van der Waals surface area contributed by atoms with Gasteiger partial charge in [-0.15, -0.1) is 0 Å². The number of ether oxygens (including phenoxy) is 1. The topological polar surface area (TPSA) is 58.6 Å². The van der Waals surface area contributed by atoms with Gasteiger partial charge in [-0.25, -0.2) is 13.1 Å². The maximum atomic E-state index is 12.2. The molecule has 0 aliphatic carbocycles. The molecule has 2 rings (SSSR count). The highest BCUT2D eigenvalue weighted by Gasteiger charge is 2.30. The summed E-state index contributed by atoms with van der Waals surface area (Å²) >= 11 is 0. The van der Waals surface area contributed by atoms with Gasteiger partial charge in [0.1, 0.15) is 5.25 Å². The van der Waals surface area contributed by atoms with E-state index in [0.717, 1.165) is 11.3 Å². The van der Waals surface area contributed by atoms with Crippen LogP contribution in [0.4, 0.5) is 5.69 Å². The second-order valence-corrected chi connectivity index (χ2v) is 7.81. The van der Waals surface area contributed by atoms with Gasteiger partial charge >= 0.3 is 0 Å². The summed E-state index contributed by atoms with van der Waals surface area (Å²) in [5.74, 6) is 0. The molecule has 0 aromatic heterocycles. The lowest BCUT2D eigenvalue weighted by atomic mass is 10.1. The van der Waals surface area contributed by atoms with Crippen molar-refractivity contribution in [2.24, 2.45) is 0 Å². The number of hydrogen-bond donors (Lipinski definition) is 1. The molecule has 0 saturated carbocycles. The van der Waals surface area contributed by atoms with Crippen LogP contribution < -0.4 is 9.62 Å². The van der Waals surface area contributed by atoms with Gasteiger partial charge in [-0.1, -0.05) is 12.1 Å². The van der Waals surface area contributed by atoms with Crippen LogP contribution in [0, 0.1) is 0 Å². The first-order valence-electron chi connectivity index (χ1n) is 7.23. The smallest absolute Gasteiger partial charge is 0.217 e. The van der Waals surface area contributed by atoms with Crippen LogP contribution in [0.25, 0.3) is 0 Å². The highest BCUT2D eigenvalue weighted by molar-refractivity contribution is 7.90. The summed E-state index contributed by atoms with van der Waals surface area (Å²) < 4.78 is 32.3. The highest BCUT2D eigenvalue weighted by atomic mass is 32.2. The molecular formula is C15H24N2O3S. The summed E-state index contributed by atoms with van der Waals surface area (Å²) in [5.41, 5.74) is 2.26. The molecule has 1 heterocycles. The number of anilines is 1. The van der Waals surface area contributed by atoms with Crippen molar-refractivity contribution in [3.05, 3.63) is 29.8 Å². The molecule has 0 bridgehead atoms. The Balaban J connectivity index is 1.93. The minimum atomic E-state index is -3.28. The van der Waals surface area contributed by atoms with E-state index in [1.807, 2.05) is 50.2 Å². The fraction of sp³-hybridized carbons (Fsp3) is 0.600. The number of benzene rings is 1. The quantitative estimate of drug-likeness (QED) is 0.862. The van der Waals surface area contributed by atoms with Crippen LogP contribution in [-0.2, 0) is 21.2 Å². The van der Waals surface area contributed by atoms with E-state index in [4.69, 9.17) is 4.74 Å². The van der Waals surface area contributed by atoms with Crippen molar-refractivity contribution in [3.8, 4) is 0 Å². The lowest BCUT2D eigenvalue weighted by Gasteiger charge is -2.18. The number of sulfonamides is 1. The van der Waals surface area contributed by atoms with Gasteiger partial charge in [0.25, 0.3) is 0 Å². The molecule has 118 valence electrons. The number of hydrogen-bond acceptors (Lipinski definition) is 4. The molecule has 1 aliphatic rings. The lowest BCUT2D eigenvalue weighted by Crippen LogP contribution is -2.40. The molecule has 0 radical (unpaired) electrons. The number of rotatable bonds is 6. The van der Waals surface area contributed by atoms with Crippen molar-refractivity contribution < 1.29 is 13.2 Å². The van der Waals surface area contributed by atoms with E-state index in [2.05, 4.69) is 4.72 Å². The second kappa shape index (κ2) is 6.77. The van der Waals surface area contributed by atoms with Gasteiger partial charge in [-0.3, -0.25) is 0 Å². The van der Waals surface area contributed by atoms with E-state index in [-0.39, 0.29) is 6.04 Å². The first-order chi connectivity index (χ1) is 9.88. The Morgan fingerprint density at radius 3 is 2.52 bits per heavy atom. The van der Waals surface area contributed by atoms with E-state index < -0.39 is 15.3 Å². The van der Waals surface area contributed by atoms with Crippen LogP contribution in [0.5, 0.6) is 0 Å². The van der Waals surface area contributed by atoms with E-state index in [9.17, 15) is 8.42 Å². The van der Waals surface area contributed by atoms with E-state index in [0.29, 0.717) is 26.1 Å². The first kappa shape index (κ1) is 16.3. The molecule has 5 nitrogen and oxygen atoms in total. The van der Waals surface area contributed by atoms with Crippen molar-refractivity contribution in [2.75, 3.05) is 32.2 Å². The Morgan fingerprint density at radius 2 is 2.00 bits per heavy atom. The standard InChI is InChI=1S/C15H24N2O3S/c1-12(16-21(18,19)15-8-9-20-11-15)10-13-4-6-14(7-5-13)17(2)3/h4-7,12,15-16H,8-11H2,1-3H3/t12-,15-/m1/s1. The molecule has 1 aromatic carbocycles. The summed E-state index contributed by atoms with van der Waals surface area (Å²) in [5, 5.41) is -0.406. The lowest BCUT2D eigenvalue weighted by molar-refractivity contribution is 0.198. The van der Waals surface area contributed by atoms with Crippen molar-refractivity contribution in [2.45, 2.75) is 31.1 Å². The largest absolute Gasteiger partial charge is 0.380 e. The summed E-state index contributed by atoms with van der Waals surface area (Å²) in [4.78, 5) is 2.04. The Kier molecular flexibility index (Phi) is 5.24. The summed E-state index contributed by atoms with van der Waals surface area (Å²) in [6.07, 6.45) is 1.26. The third kappa shape index (κ3) is 4.43. The van der Waals surface area contributed by atoms with Crippen molar-refractivity contribution in [1.29, 1.82) is 0 Å². The number of nitrogens with zero attached hydrogens (tertiary/aromatic N) is 1. The summed E-state index contributed by atoms with van der Waals surface area (Å²) in [6, 6.07) is 8.04. The third-order valence-electron chi connectivity index (χ3n) is 3.69. The predicted octanol–water partition coefficient (Wildman–Crippen LogP) is 1.39. The Hall–Kier alpha value is -1.11. The Labute approximate surface area is 127 Å². The van der Waals surface area contributed by atoms with Crippen molar-refractivity contribution >= 4 is 15.7 Å². The second-order valence-electron chi connectivity index (χ2n) is 5.81. The fourth-order valence-electron chi connectivity index (χ4n) is 2.46. The van der Waals surface area contributed by atoms with Gasteiger partial charge in [0.15, 0.2) is 0 Å². The molecule has 2 atom stereocenters. The van der Waals surface area contributed by atoms with Crippen LogP contribution in [-0.4, -0.2) is 47.0 Å². The third-order valence-corrected chi connectivity index (χ3v) is 5.67. The summed E-state index contributed by atoms with van der Waals surface area (Å²) in [6.45, 7) is 2.73. The molecular weight excluding hydrogens is 288 g/mol. The van der Waals surface area contributed by atoms with Crippen molar-refractivity contribution in [3.63, 3.8) is 0 Å². The van der Waals surface area contributed by atoms with Crippen LogP contribution in [0.3, 0.4) is 0 Å². The van der Waals surface area contributed by atoms with Gasteiger partial charge < -0.3 is 9.64 Å². The molecule has 0 spiro atoms. The SMILES string of the molecule is C[C@H](Cc1ccc(N(C)C)cc1)NS(=O)(=O)[C@@H]1CCOC1. The summed E-state index contributed by atoms with van der Waals surface area (Å²) in [7, 11) is 0.707. The molecule has 1 saturated heterocycles. The zero-order valence-electron chi connectivity index (χ0n) is 12.9. The van der Waals surface area contributed by atoms with Gasteiger partial charge in [-0.05, 0) is 37.5 Å². The zero-order chi connectivity index (χ0) is 15.5. The van der Waals surface area contributed by atoms with Gasteiger partial charge in [0.2, 0.25) is 10.0 Å². The van der Waals surface area contributed by atoms with Gasteiger partial charge in [0, 0.05) is 32.4 Å². The molecule has 21 heavy (non-hydrogen) atoms. The maximum Gasteiger partial charge on any atom is 0.217 e. The van der Waals surface area contributed by atoms with Crippen LogP contribution in [0.2, 0.25) is 0 Å². The molecule has 1 aliphatic heterocycles. The Bertz CT molecular complexity index is 549. The van der Waals surface area contributed by atoms with E-state index >= 15 is 0 Å². The van der Waals surface area contributed by atoms with Gasteiger partial charge in [-0.2, -0.15) is 0 Å². The number of nitrogens with one attached hydrogen (secondary N) is 1. The first-order valence-corrected chi connectivity index (χ1v) is 8.78. The van der Waals surface area contributed by atoms with Crippen LogP contribution in [0.15, 0.2) is 24.3 Å². The molecule has 1 fully saturated rings. The van der Waals surface area contributed by atoms with Crippen molar-refractivity contribution in [1.82, 2.24) is 4.72 Å². The Morgan fingerprint density at radius 1 is 1.33 bits per heavy atom. The molecule has 0 amide bonds. The minimum Gasteiger partial charge on any atom is -0.380 e. The average Bonchev–Trinajstić information content (AvgIpc) is 2.93.